The van der Waals surface area contributed by atoms with Crippen LogP contribution in [0, 0.1) is 17.5 Å². The molecule has 1 aliphatic heterocycles. The van der Waals surface area contributed by atoms with Crippen LogP contribution in [0.3, 0.4) is 0 Å². The molecule has 0 aliphatic carbocycles. The first kappa shape index (κ1) is 24.9. The molecule has 0 saturated heterocycles. The minimum absolute atomic E-state index is 0.0524. The molecule has 0 fully saturated rings. The molecule has 0 bridgehead atoms. The molecule has 35 heavy (non-hydrogen) atoms. The highest BCUT2D eigenvalue weighted by Gasteiger charge is 2.25. The highest BCUT2D eigenvalue weighted by atomic mass is 32.2. The number of aromatic nitrogens is 2. The smallest absolute Gasteiger partial charge is 0.209 e. The van der Waals surface area contributed by atoms with Crippen molar-refractivity contribution in [2.75, 3.05) is 23.8 Å². The summed E-state index contributed by atoms with van der Waals surface area (Å²) in [6, 6.07) is 7.25. The van der Waals surface area contributed by atoms with Crippen molar-refractivity contribution in [3.8, 4) is 17.0 Å². The minimum atomic E-state index is -3.71. The second kappa shape index (κ2) is 9.82. The van der Waals surface area contributed by atoms with E-state index in [0.717, 1.165) is 6.20 Å². The minimum Gasteiger partial charge on any atom is -0.486 e. The van der Waals surface area contributed by atoms with Gasteiger partial charge in [0, 0.05) is 18.0 Å². The zero-order valence-corrected chi connectivity index (χ0v) is 20.1. The van der Waals surface area contributed by atoms with Gasteiger partial charge in [0.1, 0.15) is 23.9 Å². The fourth-order valence-corrected chi connectivity index (χ4v) is 4.51. The van der Waals surface area contributed by atoms with Crippen LogP contribution in [-0.4, -0.2) is 43.3 Å². The number of aryl methyl sites for hydroxylation is 1. The molecular weight excluding hydrogens is 481 g/mol. The Morgan fingerprint density at radius 1 is 1.11 bits per heavy atom. The van der Waals surface area contributed by atoms with Crippen LogP contribution in [0.1, 0.15) is 30.8 Å². The van der Waals surface area contributed by atoms with Crippen LogP contribution in [0.4, 0.5) is 18.9 Å². The van der Waals surface area contributed by atoms with Crippen LogP contribution in [0.25, 0.3) is 11.3 Å². The number of anilines is 1. The second-order valence-corrected chi connectivity index (χ2v) is 10.4. The number of sulfonamides is 1. The first-order valence-corrected chi connectivity index (χ1v) is 12.8. The molecule has 2 aromatic carbocycles. The summed E-state index contributed by atoms with van der Waals surface area (Å²) in [6.45, 7) is 4.87. The van der Waals surface area contributed by atoms with Crippen LogP contribution in [0.2, 0.25) is 0 Å². The number of primary sulfonamides is 1. The number of ether oxygens (including phenoxy) is 1. The van der Waals surface area contributed by atoms with E-state index >= 15 is 0 Å². The third kappa shape index (κ3) is 5.73. The Balaban J connectivity index is 1.62. The Labute approximate surface area is 201 Å². The number of nitrogens with two attached hydrogens (primary N) is 1. The molecule has 0 radical (unpaired) electrons. The van der Waals surface area contributed by atoms with Gasteiger partial charge in [-0.3, -0.25) is 0 Å². The first-order valence-electron chi connectivity index (χ1n) is 11.0. The van der Waals surface area contributed by atoms with Crippen molar-refractivity contribution in [1.29, 1.82) is 0 Å². The second-order valence-electron chi connectivity index (χ2n) is 8.64. The van der Waals surface area contributed by atoms with Gasteiger partial charge in [0.15, 0.2) is 17.4 Å². The van der Waals surface area contributed by atoms with Crippen molar-refractivity contribution in [2.24, 2.45) is 5.14 Å². The maximum absolute atomic E-state index is 14.8. The van der Waals surface area contributed by atoms with E-state index in [1.54, 1.807) is 12.1 Å². The molecule has 186 valence electrons. The quantitative estimate of drug-likeness (QED) is 0.526. The number of benzene rings is 2. The van der Waals surface area contributed by atoms with Gasteiger partial charge in [0.25, 0.3) is 0 Å². The summed E-state index contributed by atoms with van der Waals surface area (Å²) in [5.41, 5.74) is 1.41. The summed E-state index contributed by atoms with van der Waals surface area (Å²) in [7, 11) is -3.71. The van der Waals surface area contributed by atoms with E-state index in [-0.39, 0.29) is 53.0 Å². The summed E-state index contributed by atoms with van der Waals surface area (Å²) in [5.74, 6) is -1.94. The van der Waals surface area contributed by atoms with Crippen LogP contribution < -0.4 is 14.8 Å². The molecule has 1 aliphatic rings. The Bertz CT molecular complexity index is 1370. The summed E-state index contributed by atoms with van der Waals surface area (Å²) in [4.78, 5) is 10.3. The average Bonchev–Trinajstić information content (AvgIpc) is 2.78. The average molecular weight is 507 g/mol. The molecule has 11 heteroatoms. The lowest BCUT2D eigenvalue weighted by Gasteiger charge is -2.34. The van der Waals surface area contributed by atoms with Gasteiger partial charge in [-0.2, -0.15) is 0 Å². The van der Waals surface area contributed by atoms with Gasteiger partial charge in [-0.05, 0) is 49.6 Å². The predicted octanol–water partition coefficient (Wildman–Crippen LogP) is 3.59. The third-order valence-electron chi connectivity index (χ3n) is 5.74. The molecule has 2 heterocycles. The number of hydrogen-bond acceptors (Lipinski definition) is 6. The Morgan fingerprint density at radius 3 is 2.57 bits per heavy atom. The molecular formula is C24H25F3N4O3S. The summed E-state index contributed by atoms with van der Waals surface area (Å²) in [6.07, 6.45) is 1.04. The van der Waals surface area contributed by atoms with Crippen LogP contribution >= 0.6 is 0 Å². The van der Waals surface area contributed by atoms with E-state index in [1.165, 1.54) is 18.2 Å². The van der Waals surface area contributed by atoms with E-state index in [9.17, 15) is 21.6 Å². The van der Waals surface area contributed by atoms with Crippen LogP contribution in [0.15, 0.2) is 36.5 Å². The molecule has 0 unspecified atom stereocenters. The highest BCUT2D eigenvalue weighted by molar-refractivity contribution is 7.89. The molecule has 0 amide bonds. The lowest BCUT2D eigenvalue weighted by atomic mass is 10.1. The third-order valence-corrected chi connectivity index (χ3v) is 6.51. The molecule has 0 spiro atoms. The van der Waals surface area contributed by atoms with Crippen molar-refractivity contribution in [1.82, 2.24) is 9.97 Å². The lowest BCUT2D eigenvalue weighted by molar-refractivity contribution is 0.287. The fourth-order valence-electron chi connectivity index (χ4n) is 4.00. The van der Waals surface area contributed by atoms with E-state index in [2.05, 4.69) is 9.97 Å². The molecule has 3 aromatic rings. The van der Waals surface area contributed by atoms with E-state index < -0.39 is 27.5 Å². The summed E-state index contributed by atoms with van der Waals surface area (Å²) >= 11 is 0. The molecule has 7 nitrogen and oxygen atoms in total. The Hall–Kier alpha value is -3.18. The summed E-state index contributed by atoms with van der Waals surface area (Å²) in [5, 5.41) is 4.98. The maximum Gasteiger partial charge on any atom is 0.209 e. The van der Waals surface area contributed by atoms with Gasteiger partial charge in [0.2, 0.25) is 10.0 Å². The topological polar surface area (TPSA) is 98.4 Å². The SMILES string of the molecule is CC(C)N1CCOc2c(F)cc(-c3nc(Cc4ccc(CCS(N)(=O)=O)c(F)c4)ncc3F)cc21. The molecule has 2 N–H and O–H groups in total. The predicted molar refractivity (Wildman–Crippen MR) is 126 cm³/mol. The Kier molecular flexibility index (Phi) is 7.00. The van der Waals surface area contributed by atoms with Crippen LogP contribution in [0.5, 0.6) is 5.75 Å². The van der Waals surface area contributed by atoms with Gasteiger partial charge in [-0.15, -0.1) is 0 Å². The lowest BCUT2D eigenvalue weighted by Crippen LogP contribution is -2.38. The van der Waals surface area contributed by atoms with E-state index in [4.69, 9.17) is 9.88 Å². The molecule has 4 rings (SSSR count). The molecule has 1 aromatic heterocycles. The van der Waals surface area contributed by atoms with E-state index in [0.29, 0.717) is 24.4 Å². The monoisotopic (exact) mass is 506 g/mol. The van der Waals surface area contributed by atoms with Gasteiger partial charge in [-0.1, -0.05) is 12.1 Å². The number of fused-ring (bicyclic) bond motifs is 1. The van der Waals surface area contributed by atoms with Gasteiger partial charge < -0.3 is 9.64 Å². The van der Waals surface area contributed by atoms with Crippen molar-refractivity contribution in [3.63, 3.8) is 0 Å². The zero-order valence-electron chi connectivity index (χ0n) is 19.3. The normalized spacial score (nSPS) is 13.6. The highest BCUT2D eigenvalue weighted by Crippen LogP contribution is 2.39. The number of nitrogens with zero attached hydrogens (tertiary/aromatic N) is 3. The number of hydrogen-bond donors (Lipinski definition) is 1. The van der Waals surface area contributed by atoms with E-state index in [1.807, 2.05) is 18.7 Å². The van der Waals surface area contributed by atoms with Crippen molar-refractivity contribution in [3.05, 3.63) is 70.9 Å². The standard InChI is InChI=1S/C24H25F3N4O3S/c1-14(2)31-6-7-34-24-19(26)11-17(12-21(24)31)23-20(27)13-29-22(30-23)10-15-3-4-16(18(25)9-15)5-8-35(28,32)33/h3-4,9,11-14H,5-8,10H2,1-2H3,(H2,28,32,33). The maximum atomic E-state index is 14.8. The molecule has 0 atom stereocenters. The van der Waals surface area contributed by atoms with Crippen molar-refractivity contribution in [2.45, 2.75) is 32.7 Å². The van der Waals surface area contributed by atoms with Crippen molar-refractivity contribution < 1.29 is 26.3 Å². The van der Waals surface area contributed by atoms with Crippen molar-refractivity contribution >= 4 is 15.7 Å². The fraction of sp³-hybridized carbons (Fsp3) is 0.333. The van der Waals surface area contributed by atoms with Gasteiger partial charge >= 0.3 is 0 Å². The van der Waals surface area contributed by atoms with Gasteiger partial charge in [0.05, 0.1) is 24.2 Å². The van der Waals surface area contributed by atoms with Crippen LogP contribution in [-0.2, 0) is 22.9 Å². The largest absolute Gasteiger partial charge is 0.486 e. The first-order chi connectivity index (χ1) is 16.5. The summed E-state index contributed by atoms with van der Waals surface area (Å²) < 4.78 is 71.7. The zero-order chi connectivity index (χ0) is 25.3. The molecule has 0 saturated carbocycles. The van der Waals surface area contributed by atoms with Gasteiger partial charge in [-0.25, -0.2) is 36.7 Å². The Morgan fingerprint density at radius 2 is 1.89 bits per heavy atom. The number of halogens is 3. The number of rotatable bonds is 7.